The van der Waals surface area contributed by atoms with Crippen molar-refractivity contribution in [3.05, 3.63) is 0 Å². The maximum atomic E-state index is 3.35. The summed E-state index contributed by atoms with van der Waals surface area (Å²) >= 11 is 0. The lowest BCUT2D eigenvalue weighted by atomic mass is 9.77. The van der Waals surface area contributed by atoms with E-state index < -0.39 is 0 Å². The van der Waals surface area contributed by atoms with E-state index in [1.807, 2.05) is 7.05 Å². The van der Waals surface area contributed by atoms with E-state index in [0.717, 1.165) is 6.54 Å². The summed E-state index contributed by atoms with van der Waals surface area (Å²) in [5, 5.41) is 6.55. The third kappa shape index (κ3) is 1.25. The van der Waals surface area contributed by atoms with Gasteiger partial charge >= 0.3 is 0 Å². The maximum absolute atomic E-state index is 3.35. The highest BCUT2D eigenvalue weighted by Gasteiger charge is 2.33. The van der Waals surface area contributed by atoms with Gasteiger partial charge in [-0.25, -0.2) is 0 Å². The van der Waals surface area contributed by atoms with E-state index in [1.54, 1.807) is 0 Å². The fourth-order valence-corrected chi connectivity index (χ4v) is 1.46. The monoisotopic (exact) mass is 128 g/mol. The number of likely N-dealkylation sites (N-methyl/N-ethyl adjacent to an activating group) is 2. The van der Waals surface area contributed by atoms with Gasteiger partial charge in [0.1, 0.15) is 0 Å². The predicted molar refractivity (Wildman–Crippen MR) is 39.6 cm³/mol. The highest BCUT2D eigenvalue weighted by atomic mass is 15.0. The fourth-order valence-electron chi connectivity index (χ4n) is 1.46. The first-order valence-corrected chi connectivity index (χ1v) is 3.66. The molecule has 2 N–H and O–H groups in total. The van der Waals surface area contributed by atoms with Crippen LogP contribution in [0.5, 0.6) is 0 Å². The molecule has 0 aromatic heterocycles. The van der Waals surface area contributed by atoms with Crippen LogP contribution in [0.1, 0.15) is 19.3 Å². The summed E-state index contributed by atoms with van der Waals surface area (Å²) in [6, 6.07) is 0. The van der Waals surface area contributed by atoms with E-state index in [2.05, 4.69) is 17.7 Å². The molecule has 0 heterocycles. The minimum Gasteiger partial charge on any atom is -0.318 e. The summed E-state index contributed by atoms with van der Waals surface area (Å²) < 4.78 is 0. The predicted octanol–water partition coefficient (Wildman–Crippen LogP) is 0.348. The Bertz CT molecular complexity index is 81.4. The zero-order valence-corrected chi connectivity index (χ0v) is 6.33. The van der Waals surface area contributed by atoms with Crippen molar-refractivity contribution in [2.24, 2.45) is 0 Å². The second kappa shape index (κ2) is 2.67. The van der Waals surface area contributed by atoms with E-state index in [4.69, 9.17) is 0 Å². The molecule has 0 spiro atoms. The molecule has 1 fully saturated rings. The topological polar surface area (TPSA) is 24.1 Å². The molecule has 1 aliphatic rings. The number of nitrogens with one attached hydrogen (secondary N) is 2. The summed E-state index contributed by atoms with van der Waals surface area (Å²) in [7, 11) is 4.06. The van der Waals surface area contributed by atoms with E-state index in [9.17, 15) is 0 Å². The van der Waals surface area contributed by atoms with Crippen molar-refractivity contribution in [2.75, 3.05) is 20.6 Å². The normalized spacial score (nSPS) is 23.3. The summed E-state index contributed by atoms with van der Waals surface area (Å²) in [6.07, 6.45) is 4.07. The molecule has 2 heteroatoms. The molecule has 1 rings (SSSR count). The molecule has 0 amide bonds. The molecule has 0 saturated heterocycles. The second-order valence-corrected chi connectivity index (χ2v) is 2.91. The van der Waals surface area contributed by atoms with Crippen molar-refractivity contribution >= 4 is 0 Å². The smallest absolute Gasteiger partial charge is 0.0303 e. The molecule has 0 aliphatic heterocycles. The summed E-state index contributed by atoms with van der Waals surface area (Å²) in [5.41, 5.74) is 0.453. The van der Waals surface area contributed by atoms with Gasteiger partial charge in [-0.15, -0.1) is 0 Å². The van der Waals surface area contributed by atoms with Crippen LogP contribution >= 0.6 is 0 Å². The largest absolute Gasteiger partial charge is 0.318 e. The Morgan fingerprint density at radius 3 is 2.11 bits per heavy atom. The van der Waals surface area contributed by atoms with Crippen LogP contribution in [0.15, 0.2) is 0 Å². The zero-order valence-electron chi connectivity index (χ0n) is 6.33. The molecular formula is C7H16N2. The standard InChI is InChI=1S/C7H16N2/c1-8-6-7(9-2)4-3-5-7/h8-9H,3-6H2,1-2H3. The van der Waals surface area contributed by atoms with Crippen LogP contribution in [0.3, 0.4) is 0 Å². The third-order valence-corrected chi connectivity index (χ3v) is 2.36. The number of rotatable bonds is 3. The first-order chi connectivity index (χ1) is 4.33. The van der Waals surface area contributed by atoms with Crippen LogP contribution in [0, 0.1) is 0 Å². The van der Waals surface area contributed by atoms with E-state index in [-0.39, 0.29) is 0 Å². The second-order valence-electron chi connectivity index (χ2n) is 2.91. The summed E-state index contributed by atoms with van der Waals surface area (Å²) in [4.78, 5) is 0. The minimum absolute atomic E-state index is 0.453. The molecule has 0 unspecified atom stereocenters. The molecule has 0 bridgehead atoms. The Kier molecular flexibility index (Phi) is 2.09. The van der Waals surface area contributed by atoms with E-state index >= 15 is 0 Å². The van der Waals surface area contributed by atoms with Crippen LogP contribution in [0.25, 0.3) is 0 Å². The fraction of sp³-hybridized carbons (Fsp3) is 1.00. The Labute approximate surface area is 57.0 Å². The SMILES string of the molecule is CNCC1(NC)CCC1. The average molecular weight is 128 g/mol. The Hall–Kier alpha value is -0.0800. The van der Waals surface area contributed by atoms with Crippen molar-refractivity contribution in [2.45, 2.75) is 24.8 Å². The molecule has 1 aliphatic carbocycles. The first kappa shape index (κ1) is 7.03. The van der Waals surface area contributed by atoms with Crippen LogP contribution < -0.4 is 10.6 Å². The number of hydrogen-bond donors (Lipinski definition) is 2. The Balaban J connectivity index is 2.28. The molecular weight excluding hydrogens is 112 g/mol. The molecule has 2 nitrogen and oxygen atoms in total. The molecule has 1 saturated carbocycles. The highest BCUT2D eigenvalue weighted by Crippen LogP contribution is 2.30. The maximum Gasteiger partial charge on any atom is 0.0303 e. The van der Waals surface area contributed by atoms with E-state index in [0.29, 0.717) is 5.54 Å². The van der Waals surface area contributed by atoms with Gasteiger partial charge in [-0.1, -0.05) is 0 Å². The van der Waals surface area contributed by atoms with Crippen LogP contribution in [-0.2, 0) is 0 Å². The van der Waals surface area contributed by atoms with Crippen LogP contribution in [0.4, 0.5) is 0 Å². The quantitative estimate of drug-likeness (QED) is 0.573. The van der Waals surface area contributed by atoms with Gasteiger partial charge in [0.15, 0.2) is 0 Å². The van der Waals surface area contributed by atoms with Crippen molar-refractivity contribution in [1.82, 2.24) is 10.6 Å². The van der Waals surface area contributed by atoms with Gasteiger partial charge in [0.2, 0.25) is 0 Å². The Morgan fingerprint density at radius 2 is 2.00 bits per heavy atom. The zero-order chi connectivity index (χ0) is 6.74. The summed E-state index contributed by atoms with van der Waals surface area (Å²) in [5.74, 6) is 0. The van der Waals surface area contributed by atoms with Crippen LogP contribution in [-0.4, -0.2) is 26.2 Å². The summed E-state index contributed by atoms with van der Waals surface area (Å²) in [6.45, 7) is 1.11. The van der Waals surface area contributed by atoms with Gasteiger partial charge in [-0.2, -0.15) is 0 Å². The van der Waals surface area contributed by atoms with Crippen LogP contribution in [0.2, 0.25) is 0 Å². The van der Waals surface area contributed by atoms with Gasteiger partial charge in [0.25, 0.3) is 0 Å². The molecule has 9 heavy (non-hydrogen) atoms. The van der Waals surface area contributed by atoms with Gasteiger partial charge in [-0.05, 0) is 33.4 Å². The van der Waals surface area contributed by atoms with Gasteiger partial charge < -0.3 is 10.6 Å². The number of hydrogen-bond acceptors (Lipinski definition) is 2. The molecule has 0 atom stereocenters. The molecule has 0 aromatic carbocycles. The van der Waals surface area contributed by atoms with Gasteiger partial charge in [0.05, 0.1) is 0 Å². The molecule has 0 radical (unpaired) electrons. The van der Waals surface area contributed by atoms with Gasteiger partial charge in [0, 0.05) is 12.1 Å². The van der Waals surface area contributed by atoms with Crippen molar-refractivity contribution in [3.63, 3.8) is 0 Å². The lowest BCUT2D eigenvalue weighted by molar-refractivity contribution is 0.196. The van der Waals surface area contributed by atoms with Gasteiger partial charge in [-0.3, -0.25) is 0 Å². The highest BCUT2D eigenvalue weighted by molar-refractivity contribution is 4.96. The third-order valence-electron chi connectivity index (χ3n) is 2.36. The van der Waals surface area contributed by atoms with Crippen molar-refractivity contribution in [1.29, 1.82) is 0 Å². The Morgan fingerprint density at radius 1 is 1.33 bits per heavy atom. The van der Waals surface area contributed by atoms with Crippen molar-refractivity contribution < 1.29 is 0 Å². The van der Waals surface area contributed by atoms with E-state index in [1.165, 1.54) is 19.3 Å². The first-order valence-electron chi connectivity index (χ1n) is 3.66. The van der Waals surface area contributed by atoms with Crippen molar-refractivity contribution in [3.8, 4) is 0 Å². The minimum atomic E-state index is 0.453. The average Bonchev–Trinajstić information content (AvgIpc) is 1.79. The molecule has 54 valence electrons. The molecule has 0 aromatic rings. The lowest BCUT2D eigenvalue weighted by Gasteiger charge is -2.41. The lowest BCUT2D eigenvalue weighted by Crippen LogP contribution is -2.55.